The highest BCUT2D eigenvalue weighted by atomic mass is 32.1. The third-order valence-electron chi connectivity index (χ3n) is 4.93. The fraction of sp³-hybridized carbons (Fsp3) is 0.381. The minimum Gasteiger partial charge on any atom is -0.465 e. The minimum atomic E-state index is -0.574. The molecule has 2 amide bonds. The highest BCUT2D eigenvalue weighted by Crippen LogP contribution is 2.34. The van der Waals surface area contributed by atoms with E-state index in [9.17, 15) is 14.4 Å². The lowest BCUT2D eigenvalue weighted by atomic mass is 10.0. The number of methoxy groups -OCH3 is 1. The van der Waals surface area contributed by atoms with Gasteiger partial charge in [-0.15, -0.1) is 11.3 Å². The molecule has 0 bridgehead atoms. The lowest BCUT2D eigenvalue weighted by Gasteiger charge is -2.30. The summed E-state index contributed by atoms with van der Waals surface area (Å²) >= 11 is 1.10. The number of nitrogens with zero attached hydrogens (tertiary/aromatic N) is 2. The summed E-state index contributed by atoms with van der Waals surface area (Å²) in [7, 11) is 4.57. The topological polar surface area (TPSA) is 79.0 Å². The molecule has 1 N–H and O–H groups in total. The van der Waals surface area contributed by atoms with Crippen molar-refractivity contribution in [2.24, 2.45) is 0 Å². The summed E-state index contributed by atoms with van der Waals surface area (Å²) in [5, 5.41) is 3.17. The van der Waals surface area contributed by atoms with Gasteiger partial charge in [0.25, 0.3) is 5.91 Å². The van der Waals surface area contributed by atoms with Gasteiger partial charge in [-0.25, -0.2) is 4.79 Å². The molecule has 8 heteroatoms. The zero-order valence-corrected chi connectivity index (χ0v) is 17.9. The molecule has 3 rings (SSSR count). The van der Waals surface area contributed by atoms with E-state index in [1.165, 1.54) is 17.6 Å². The Hall–Kier alpha value is -2.87. The van der Waals surface area contributed by atoms with Crippen molar-refractivity contribution in [1.29, 1.82) is 0 Å². The predicted octanol–water partition coefficient (Wildman–Crippen LogP) is 2.94. The Morgan fingerprint density at radius 2 is 1.97 bits per heavy atom. The number of fused-ring (bicyclic) bond motifs is 1. The van der Waals surface area contributed by atoms with Gasteiger partial charge in [0.15, 0.2) is 0 Å². The van der Waals surface area contributed by atoms with E-state index in [0.717, 1.165) is 36.4 Å². The second kappa shape index (κ2) is 8.65. The first kappa shape index (κ1) is 20.9. The smallest absolute Gasteiger partial charge is 0.341 e. The van der Waals surface area contributed by atoms with E-state index >= 15 is 0 Å². The molecule has 1 aromatic carbocycles. The Morgan fingerprint density at radius 3 is 2.66 bits per heavy atom. The Kier molecular flexibility index (Phi) is 6.22. The third-order valence-corrected chi connectivity index (χ3v) is 6.13. The third kappa shape index (κ3) is 4.27. The van der Waals surface area contributed by atoms with E-state index in [-0.39, 0.29) is 23.9 Å². The number of nitrogens with one attached hydrogen (secondary N) is 1. The molecule has 7 nitrogen and oxygen atoms in total. The van der Waals surface area contributed by atoms with Crippen LogP contribution in [-0.4, -0.2) is 57.0 Å². The number of ether oxygens (including phenoxy) is 1. The molecule has 2 heterocycles. The van der Waals surface area contributed by atoms with E-state index in [0.29, 0.717) is 15.4 Å². The number of rotatable bonds is 5. The zero-order valence-electron chi connectivity index (χ0n) is 17.1. The predicted molar refractivity (Wildman–Crippen MR) is 114 cm³/mol. The maximum absolute atomic E-state index is 12.8. The van der Waals surface area contributed by atoms with Gasteiger partial charge in [0, 0.05) is 26.3 Å². The molecule has 0 aliphatic carbocycles. The molecular formula is C21H25N3O4S. The number of para-hydroxylation sites is 1. The van der Waals surface area contributed by atoms with Crippen LogP contribution >= 0.6 is 11.3 Å². The van der Waals surface area contributed by atoms with Crippen molar-refractivity contribution in [1.82, 2.24) is 4.90 Å². The standard InChI is InChI=1S/C21H25N3O4S/c1-13-17(21(27)28-4)19(29-18(13)20(26)23(2)3)22-16(25)12-24-11-7-9-14-8-5-6-10-15(14)24/h5-6,8,10H,7,9,11-12H2,1-4H3,(H,22,25). The second-order valence-corrected chi connectivity index (χ2v) is 8.17. The van der Waals surface area contributed by atoms with Crippen LogP contribution in [0, 0.1) is 6.92 Å². The number of carbonyl (C=O) groups excluding carboxylic acids is 3. The SMILES string of the molecule is COC(=O)c1c(NC(=O)CN2CCCc3ccccc32)sc(C(=O)N(C)C)c1C. The molecule has 0 saturated heterocycles. The van der Waals surface area contributed by atoms with Gasteiger partial charge in [0.05, 0.1) is 24.1 Å². The van der Waals surface area contributed by atoms with Crippen molar-refractivity contribution in [3.05, 3.63) is 45.8 Å². The number of aryl methyl sites for hydroxylation is 1. The van der Waals surface area contributed by atoms with Crippen molar-refractivity contribution >= 4 is 39.8 Å². The van der Waals surface area contributed by atoms with Crippen LogP contribution in [0.2, 0.25) is 0 Å². The van der Waals surface area contributed by atoms with Crippen LogP contribution in [0.4, 0.5) is 10.7 Å². The quantitative estimate of drug-likeness (QED) is 0.760. The molecule has 0 unspecified atom stereocenters. The Morgan fingerprint density at radius 1 is 1.24 bits per heavy atom. The highest BCUT2D eigenvalue weighted by molar-refractivity contribution is 7.18. The summed E-state index contributed by atoms with van der Waals surface area (Å²) in [4.78, 5) is 41.4. The summed E-state index contributed by atoms with van der Waals surface area (Å²) in [6.45, 7) is 2.66. The van der Waals surface area contributed by atoms with E-state index in [1.54, 1.807) is 21.0 Å². The van der Waals surface area contributed by atoms with Crippen molar-refractivity contribution in [3.63, 3.8) is 0 Å². The number of benzene rings is 1. The number of esters is 1. The fourth-order valence-corrected chi connectivity index (χ4v) is 4.70. The molecule has 1 aromatic heterocycles. The first-order valence-corrected chi connectivity index (χ1v) is 10.2. The number of hydrogen-bond acceptors (Lipinski definition) is 6. The summed E-state index contributed by atoms with van der Waals surface area (Å²) < 4.78 is 4.87. The number of thiophene rings is 1. The Balaban J connectivity index is 1.84. The lowest BCUT2D eigenvalue weighted by Crippen LogP contribution is -2.36. The van der Waals surface area contributed by atoms with Crippen molar-refractivity contribution in [2.45, 2.75) is 19.8 Å². The molecule has 154 valence electrons. The van der Waals surface area contributed by atoms with Crippen LogP contribution in [0.3, 0.4) is 0 Å². The van der Waals surface area contributed by atoms with E-state index in [2.05, 4.69) is 11.4 Å². The zero-order chi connectivity index (χ0) is 21.1. The molecule has 0 radical (unpaired) electrons. The van der Waals surface area contributed by atoms with Gasteiger partial charge in [-0.3, -0.25) is 9.59 Å². The fourth-order valence-electron chi connectivity index (χ4n) is 3.47. The van der Waals surface area contributed by atoms with Gasteiger partial charge in [0.1, 0.15) is 5.00 Å². The van der Waals surface area contributed by atoms with Crippen LogP contribution in [0.1, 0.15) is 37.6 Å². The average molecular weight is 416 g/mol. The summed E-state index contributed by atoms with van der Waals surface area (Å²) in [6, 6.07) is 8.07. The van der Waals surface area contributed by atoms with Gasteiger partial charge >= 0.3 is 5.97 Å². The molecule has 0 saturated carbocycles. The van der Waals surface area contributed by atoms with Crippen molar-refractivity contribution < 1.29 is 19.1 Å². The molecule has 0 atom stereocenters. The van der Waals surface area contributed by atoms with E-state index in [4.69, 9.17) is 4.74 Å². The largest absolute Gasteiger partial charge is 0.465 e. The van der Waals surface area contributed by atoms with Crippen LogP contribution in [-0.2, 0) is 16.0 Å². The molecule has 1 aliphatic rings. The normalized spacial score (nSPS) is 12.9. The van der Waals surface area contributed by atoms with Gasteiger partial charge in [0.2, 0.25) is 5.91 Å². The average Bonchev–Trinajstić information content (AvgIpc) is 3.02. The summed E-state index contributed by atoms with van der Waals surface area (Å²) in [6.07, 6.45) is 1.98. The molecule has 0 spiro atoms. The number of hydrogen-bond donors (Lipinski definition) is 1. The highest BCUT2D eigenvalue weighted by Gasteiger charge is 2.27. The monoisotopic (exact) mass is 415 g/mol. The number of carbonyl (C=O) groups is 3. The van der Waals surface area contributed by atoms with Gasteiger partial charge in [-0.1, -0.05) is 18.2 Å². The summed E-state index contributed by atoms with van der Waals surface area (Å²) in [5.41, 5.74) is 3.04. The Labute approximate surface area is 174 Å². The molecule has 0 fully saturated rings. The molecule has 1 aliphatic heterocycles. The lowest BCUT2D eigenvalue weighted by molar-refractivity contribution is -0.115. The Bertz CT molecular complexity index is 951. The molecular weight excluding hydrogens is 390 g/mol. The minimum absolute atomic E-state index is 0.172. The first-order valence-electron chi connectivity index (χ1n) is 9.39. The second-order valence-electron chi connectivity index (χ2n) is 7.15. The molecule has 29 heavy (non-hydrogen) atoms. The molecule has 2 aromatic rings. The maximum atomic E-state index is 12.8. The number of anilines is 2. The van der Waals surface area contributed by atoms with Gasteiger partial charge < -0.3 is 19.9 Å². The van der Waals surface area contributed by atoms with E-state index < -0.39 is 5.97 Å². The van der Waals surface area contributed by atoms with Gasteiger partial charge in [-0.2, -0.15) is 0 Å². The first-order chi connectivity index (χ1) is 13.8. The summed E-state index contributed by atoms with van der Waals surface area (Å²) in [5.74, 6) is -1.03. The van der Waals surface area contributed by atoms with E-state index in [1.807, 2.05) is 23.1 Å². The van der Waals surface area contributed by atoms with Crippen LogP contribution in [0.15, 0.2) is 24.3 Å². The van der Waals surface area contributed by atoms with Crippen molar-refractivity contribution in [2.75, 3.05) is 44.5 Å². The van der Waals surface area contributed by atoms with Crippen LogP contribution < -0.4 is 10.2 Å². The number of amides is 2. The van der Waals surface area contributed by atoms with Gasteiger partial charge in [-0.05, 0) is 37.0 Å². The maximum Gasteiger partial charge on any atom is 0.341 e. The van der Waals surface area contributed by atoms with Crippen LogP contribution in [0.5, 0.6) is 0 Å². The van der Waals surface area contributed by atoms with Crippen LogP contribution in [0.25, 0.3) is 0 Å². The van der Waals surface area contributed by atoms with Crippen molar-refractivity contribution in [3.8, 4) is 0 Å².